The minimum Gasteiger partial charge on any atom is -0.493 e. The molecule has 0 spiro atoms. The van der Waals surface area contributed by atoms with Crippen LogP contribution in [0.5, 0.6) is 11.5 Å². The molecule has 0 unspecified atom stereocenters. The maximum absolute atomic E-state index is 6.00. The first-order valence-electron chi connectivity index (χ1n) is 8.25. The van der Waals surface area contributed by atoms with Crippen LogP contribution in [0.25, 0.3) is 22.8 Å². The number of rotatable bonds is 6. The lowest BCUT2D eigenvalue weighted by Gasteiger charge is -2.07. The van der Waals surface area contributed by atoms with E-state index < -0.39 is 0 Å². The minimum absolute atomic E-state index is 0.188. The predicted molar refractivity (Wildman–Crippen MR) is 100 cm³/mol. The smallest absolute Gasteiger partial charge is 0.250 e. The van der Waals surface area contributed by atoms with Crippen LogP contribution in [0.4, 0.5) is 0 Å². The molecule has 28 heavy (non-hydrogen) atoms. The van der Waals surface area contributed by atoms with Crippen molar-refractivity contribution in [2.75, 3.05) is 14.2 Å². The van der Waals surface area contributed by atoms with Gasteiger partial charge >= 0.3 is 0 Å². The van der Waals surface area contributed by atoms with E-state index in [1.54, 1.807) is 38.5 Å². The van der Waals surface area contributed by atoms with Crippen molar-refractivity contribution in [1.82, 2.24) is 30.3 Å². The van der Waals surface area contributed by atoms with E-state index in [1.165, 1.54) is 4.80 Å². The van der Waals surface area contributed by atoms with Gasteiger partial charge in [0.05, 0.1) is 14.2 Å². The summed E-state index contributed by atoms with van der Waals surface area (Å²) < 4.78 is 15.8. The van der Waals surface area contributed by atoms with Crippen molar-refractivity contribution in [3.63, 3.8) is 0 Å². The topological polar surface area (TPSA) is 101 Å². The van der Waals surface area contributed by atoms with Gasteiger partial charge in [0.15, 0.2) is 11.5 Å². The first-order chi connectivity index (χ1) is 13.7. The van der Waals surface area contributed by atoms with Crippen LogP contribution in [-0.2, 0) is 6.54 Å². The highest BCUT2D eigenvalue weighted by molar-refractivity contribution is 6.30. The molecule has 142 valence electrons. The summed E-state index contributed by atoms with van der Waals surface area (Å²) in [7, 11) is 3.14. The Morgan fingerprint density at radius 2 is 1.82 bits per heavy atom. The van der Waals surface area contributed by atoms with Crippen molar-refractivity contribution >= 4 is 11.6 Å². The molecule has 4 rings (SSSR count). The third-order valence-electron chi connectivity index (χ3n) is 3.92. The van der Waals surface area contributed by atoms with Gasteiger partial charge in [-0.25, -0.2) is 0 Å². The van der Waals surface area contributed by atoms with Gasteiger partial charge in [-0.3, -0.25) is 0 Å². The molecule has 0 saturated heterocycles. The molecule has 0 aliphatic rings. The molecular formula is C18H15ClN6O3. The predicted octanol–water partition coefficient (Wildman–Crippen LogP) is 3.11. The number of benzene rings is 2. The second kappa shape index (κ2) is 7.65. The fraction of sp³-hybridized carbons (Fsp3) is 0.167. The number of tetrazole rings is 1. The Morgan fingerprint density at radius 3 is 2.61 bits per heavy atom. The lowest BCUT2D eigenvalue weighted by molar-refractivity contribution is 0.354. The summed E-state index contributed by atoms with van der Waals surface area (Å²) in [6.45, 7) is 0.188. The van der Waals surface area contributed by atoms with Gasteiger partial charge in [0.1, 0.15) is 6.54 Å². The number of halogens is 1. The number of nitrogens with zero attached hydrogens (tertiary/aromatic N) is 6. The second-order valence-corrected chi connectivity index (χ2v) is 6.17. The monoisotopic (exact) mass is 398 g/mol. The fourth-order valence-corrected chi connectivity index (χ4v) is 2.78. The molecule has 0 bridgehead atoms. The van der Waals surface area contributed by atoms with E-state index >= 15 is 0 Å². The van der Waals surface area contributed by atoms with E-state index in [2.05, 4.69) is 25.6 Å². The van der Waals surface area contributed by atoms with Gasteiger partial charge in [-0.05, 0) is 35.5 Å². The Balaban J connectivity index is 1.53. The van der Waals surface area contributed by atoms with Crippen LogP contribution >= 0.6 is 11.6 Å². The number of hydrogen-bond donors (Lipinski definition) is 0. The summed E-state index contributed by atoms with van der Waals surface area (Å²) in [5.74, 6) is 2.43. The fourth-order valence-electron chi connectivity index (χ4n) is 2.59. The molecule has 0 aliphatic heterocycles. The molecule has 0 aliphatic carbocycles. The second-order valence-electron chi connectivity index (χ2n) is 5.74. The molecular weight excluding hydrogens is 384 g/mol. The molecule has 0 amide bonds. The zero-order valence-corrected chi connectivity index (χ0v) is 15.8. The summed E-state index contributed by atoms with van der Waals surface area (Å²) in [6.07, 6.45) is 0. The van der Waals surface area contributed by atoms with Crippen molar-refractivity contribution in [3.05, 3.63) is 53.4 Å². The Hall–Kier alpha value is -3.46. The number of aromatic nitrogens is 6. The third kappa shape index (κ3) is 3.65. The summed E-state index contributed by atoms with van der Waals surface area (Å²) in [5, 5.41) is 17.0. The molecule has 10 heteroatoms. The first-order valence-corrected chi connectivity index (χ1v) is 8.63. The van der Waals surface area contributed by atoms with E-state index in [0.717, 1.165) is 11.1 Å². The number of methoxy groups -OCH3 is 2. The lowest BCUT2D eigenvalue weighted by Crippen LogP contribution is -2.04. The molecule has 0 N–H and O–H groups in total. The third-order valence-corrected chi connectivity index (χ3v) is 4.16. The Morgan fingerprint density at radius 1 is 1.00 bits per heavy atom. The zero-order valence-electron chi connectivity index (χ0n) is 15.0. The highest BCUT2D eigenvalue weighted by Gasteiger charge is 2.14. The van der Waals surface area contributed by atoms with E-state index in [1.807, 2.05) is 18.2 Å². The van der Waals surface area contributed by atoms with Crippen molar-refractivity contribution in [3.8, 4) is 34.3 Å². The maximum Gasteiger partial charge on any atom is 0.250 e. The van der Waals surface area contributed by atoms with Crippen LogP contribution in [0.3, 0.4) is 0 Å². The lowest BCUT2D eigenvalue weighted by atomic mass is 10.2. The van der Waals surface area contributed by atoms with Crippen LogP contribution in [0.1, 0.15) is 5.89 Å². The Kier molecular flexibility index (Phi) is 4.90. The highest BCUT2D eigenvalue weighted by Crippen LogP contribution is 2.31. The molecule has 0 atom stereocenters. The Labute approximate surface area is 164 Å². The molecule has 2 heterocycles. The van der Waals surface area contributed by atoms with Crippen LogP contribution in [0.15, 0.2) is 47.0 Å². The van der Waals surface area contributed by atoms with Crippen LogP contribution in [0.2, 0.25) is 5.02 Å². The maximum atomic E-state index is 6.00. The molecule has 9 nitrogen and oxygen atoms in total. The molecule has 0 radical (unpaired) electrons. The Bertz CT molecular complexity index is 1110. The van der Waals surface area contributed by atoms with Gasteiger partial charge in [0.2, 0.25) is 11.6 Å². The van der Waals surface area contributed by atoms with Crippen molar-refractivity contribution in [2.24, 2.45) is 0 Å². The van der Waals surface area contributed by atoms with Crippen LogP contribution in [-0.4, -0.2) is 44.6 Å². The van der Waals surface area contributed by atoms with Gasteiger partial charge in [-0.2, -0.15) is 9.78 Å². The summed E-state index contributed by atoms with van der Waals surface area (Å²) in [4.78, 5) is 5.76. The summed E-state index contributed by atoms with van der Waals surface area (Å²) in [5.41, 5.74) is 1.51. The van der Waals surface area contributed by atoms with Crippen molar-refractivity contribution < 1.29 is 14.0 Å². The van der Waals surface area contributed by atoms with Gasteiger partial charge < -0.3 is 14.0 Å². The van der Waals surface area contributed by atoms with Gasteiger partial charge in [0, 0.05) is 16.1 Å². The van der Waals surface area contributed by atoms with Gasteiger partial charge in [-0.1, -0.05) is 28.9 Å². The van der Waals surface area contributed by atoms with Crippen LogP contribution in [0, 0.1) is 0 Å². The standard InChI is InChI=1S/C18H15ClN6O3/c1-26-14-7-6-12(9-15(14)27-2)17-20-16(28-23-17)10-25-22-18(21-24-25)11-4-3-5-13(19)8-11/h3-9H,10H2,1-2H3. The molecule has 0 fully saturated rings. The number of hydrogen-bond acceptors (Lipinski definition) is 8. The van der Waals surface area contributed by atoms with Crippen LogP contribution < -0.4 is 9.47 Å². The molecule has 2 aromatic heterocycles. The zero-order chi connectivity index (χ0) is 19.5. The van der Waals surface area contributed by atoms with E-state index in [4.69, 9.17) is 25.6 Å². The average molecular weight is 399 g/mol. The highest BCUT2D eigenvalue weighted by atomic mass is 35.5. The molecule has 0 saturated carbocycles. The minimum atomic E-state index is 0.188. The van der Waals surface area contributed by atoms with Gasteiger partial charge in [-0.15, -0.1) is 10.2 Å². The SMILES string of the molecule is COc1ccc(-c2noc(Cn3nnc(-c4cccc(Cl)c4)n3)n2)cc1OC. The van der Waals surface area contributed by atoms with Gasteiger partial charge in [0.25, 0.3) is 5.89 Å². The average Bonchev–Trinajstić information content (AvgIpc) is 3.37. The molecule has 2 aromatic carbocycles. The number of ether oxygens (including phenoxy) is 2. The first kappa shape index (κ1) is 17.9. The summed E-state index contributed by atoms with van der Waals surface area (Å²) >= 11 is 6.00. The molecule has 4 aromatic rings. The van der Waals surface area contributed by atoms with Crippen molar-refractivity contribution in [1.29, 1.82) is 0 Å². The summed E-state index contributed by atoms with van der Waals surface area (Å²) in [6, 6.07) is 12.6. The normalized spacial score (nSPS) is 10.8. The quantitative estimate of drug-likeness (QED) is 0.488. The largest absolute Gasteiger partial charge is 0.493 e. The van der Waals surface area contributed by atoms with E-state index in [-0.39, 0.29) is 6.54 Å². The van der Waals surface area contributed by atoms with E-state index in [9.17, 15) is 0 Å². The van der Waals surface area contributed by atoms with E-state index in [0.29, 0.717) is 34.1 Å². The van der Waals surface area contributed by atoms with Crippen molar-refractivity contribution in [2.45, 2.75) is 6.54 Å².